The van der Waals surface area contributed by atoms with Gasteiger partial charge in [0.2, 0.25) is 4.47 Å². The standard InChI is InChI=1S/C8H12ClN3OS/c1-2-3-12(4-5-13)6-7-10-11-8(9)14-7/h2,13H,1,3-6H2. The topological polar surface area (TPSA) is 49.2 Å². The summed E-state index contributed by atoms with van der Waals surface area (Å²) >= 11 is 7.01. The molecule has 1 rings (SSSR count). The van der Waals surface area contributed by atoms with Gasteiger partial charge in [0.05, 0.1) is 13.2 Å². The molecule has 0 aliphatic heterocycles. The van der Waals surface area contributed by atoms with E-state index in [1.165, 1.54) is 11.3 Å². The van der Waals surface area contributed by atoms with Crippen LogP contribution in [0.15, 0.2) is 12.7 Å². The summed E-state index contributed by atoms with van der Waals surface area (Å²) in [5.41, 5.74) is 0. The summed E-state index contributed by atoms with van der Waals surface area (Å²) < 4.78 is 0.447. The molecular formula is C8H12ClN3OS. The van der Waals surface area contributed by atoms with Crippen molar-refractivity contribution in [3.63, 3.8) is 0 Å². The van der Waals surface area contributed by atoms with E-state index in [0.717, 1.165) is 11.6 Å². The molecule has 14 heavy (non-hydrogen) atoms. The molecule has 1 N–H and O–H groups in total. The van der Waals surface area contributed by atoms with Crippen LogP contribution < -0.4 is 0 Å². The van der Waals surface area contributed by atoms with Crippen molar-refractivity contribution in [2.24, 2.45) is 0 Å². The lowest BCUT2D eigenvalue weighted by Gasteiger charge is -2.16. The molecule has 0 saturated carbocycles. The van der Waals surface area contributed by atoms with Gasteiger partial charge >= 0.3 is 0 Å². The van der Waals surface area contributed by atoms with Crippen LogP contribution in [0.1, 0.15) is 5.01 Å². The fourth-order valence-electron chi connectivity index (χ4n) is 1.05. The van der Waals surface area contributed by atoms with Crippen LogP contribution >= 0.6 is 22.9 Å². The van der Waals surface area contributed by atoms with Crippen LogP contribution in [0.3, 0.4) is 0 Å². The fraction of sp³-hybridized carbons (Fsp3) is 0.500. The molecule has 1 heterocycles. The maximum absolute atomic E-state index is 8.81. The lowest BCUT2D eigenvalue weighted by atomic mass is 10.4. The molecule has 0 radical (unpaired) electrons. The average molecular weight is 234 g/mol. The summed E-state index contributed by atoms with van der Waals surface area (Å²) in [6.07, 6.45) is 1.79. The smallest absolute Gasteiger partial charge is 0.207 e. The van der Waals surface area contributed by atoms with E-state index >= 15 is 0 Å². The molecule has 0 unspecified atom stereocenters. The number of nitrogens with zero attached hydrogens (tertiary/aromatic N) is 3. The van der Waals surface area contributed by atoms with Crippen molar-refractivity contribution in [2.75, 3.05) is 19.7 Å². The molecule has 6 heteroatoms. The molecule has 0 amide bonds. The van der Waals surface area contributed by atoms with Crippen molar-refractivity contribution in [3.8, 4) is 0 Å². The van der Waals surface area contributed by atoms with Crippen LogP contribution in [0.4, 0.5) is 0 Å². The normalized spacial score (nSPS) is 10.8. The highest BCUT2D eigenvalue weighted by molar-refractivity contribution is 7.15. The van der Waals surface area contributed by atoms with E-state index in [4.69, 9.17) is 16.7 Å². The first-order valence-corrected chi connectivity index (χ1v) is 5.37. The van der Waals surface area contributed by atoms with Gasteiger partial charge in [-0.05, 0) is 11.6 Å². The molecule has 0 saturated heterocycles. The van der Waals surface area contributed by atoms with Gasteiger partial charge in [0.1, 0.15) is 5.01 Å². The van der Waals surface area contributed by atoms with Crippen molar-refractivity contribution >= 4 is 22.9 Å². The second-order valence-electron chi connectivity index (χ2n) is 2.70. The molecular weight excluding hydrogens is 222 g/mol. The van der Waals surface area contributed by atoms with Crippen LogP contribution in [-0.2, 0) is 6.54 Å². The maximum Gasteiger partial charge on any atom is 0.207 e. The highest BCUT2D eigenvalue weighted by Crippen LogP contribution is 2.16. The van der Waals surface area contributed by atoms with Gasteiger partial charge in [0.25, 0.3) is 0 Å². The summed E-state index contributed by atoms with van der Waals surface area (Å²) in [6.45, 7) is 5.74. The number of halogens is 1. The van der Waals surface area contributed by atoms with E-state index in [-0.39, 0.29) is 6.61 Å². The Morgan fingerprint density at radius 1 is 1.57 bits per heavy atom. The van der Waals surface area contributed by atoms with Crippen molar-refractivity contribution in [2.45, 2.75) is 6.54 Å². The minimum atomic E-state index is 0.125. The predicted octanol–water partition coefficient (Wildman–Crippen LogP) is 1.17. The molecule has 0 aliphatic rings. The van der Waals surface area contributed by atoms with E-state index in [1.54, 1.807) is 6.08 Å². The largest absolute Gasteiger partial charge is 0.395 e. The Morgan fingerprint density at radius 2 is 2.36 bits per heavy atom. The lowest BCUT2D eigenvalue weighted by Crippen LogP contribution is -2.26. The maximum atomic E-state index is 8.81. The first kappa shape index (κ1) is 11.6. The molecule has 0 atom stereocenters. The van der Waals surface area contributed by atoms with Crippen molar-refractivity contribution in [1.82, 2.24) is 15.1 Å². The zero-order chi connectivity index (χ0) is 10.4. The molecule has 1 aromatic rings. The molecule has 4 nitrogen and oxygen atoms in total. The summed E-state index contributed by atoms with van der Waals surface area (Å²) in [7, 11) is 0. The van der Waals surface area contributed by atoms with Crippen molar-refractivity contribution in [3.05, 3.63) is 22.1 Å². The molecule has 1 aromatic heterocycles. The predicted molar refractivity (Wildman–Crippen MR) is 57.5 cm³/mol. The van der Waals surface area contributed by atoms with Gasteiger partial charge in [-0.25, -0.2) is 0 Å². The Balaban J connectivity index is 2.49. The van der Waals surface area contributed by atoms with E-state index in [9.17, 15) is 0 Å². The Labute approximate surface area is 91.8 Å². The van der Waals surface area contributed by atoms with Crippen LogP contribution in [0.2, 0.25) is 4.47 Å². The zero-order valence-electron chi connectivity index (χ0n) is 7.69. The lowest BCUT2D eigenvalue weighted by molar-refractivity contribution is 0.203. The van der Waals surface area contributed by atoms with E-state index in [0.29, 0.717) is 17.6 Å². The quantitative estimate of drug-likeness (QED) is 0.750. The van der Waals surface area contributed by atoms with Crippen LogP contribution in [0.25, 0.3) is 0 Å². The Kier molecular flexibility index (Phi) is 5.03. The summed E-state index contributed by atoms with van der Waals surface area (Å²) in [4.78, 5) is 2.02. The SMILES string of the molecule is C=CCN(CCO)Cc1nnc(Cl)s1. The van der Waals surface area contributed by atoms with E-state index in [2.05, 4.69) is 16.8 Å². The number of aromatic nitrogens is 2. The third-order valence-corrected chi connectivity index (χ3v) is 2.61. The van der Waals surface area contributed by atoms with Gasteiger partial charge in [0, 0.05) is 13.1 Å². The molecule has 0 aliphatic carbocycles. The van der Waals surface area contributed by atoms with Gasteiger partial charge < -0.3 is 5.11 Å². The number of aliphatic hydroxyl groups excluding tert-OH is 1. The Bertz CT molecular complexity index is 292. The summed E-state index contributed by atoms with van der Waals surface area (Å²) in [5, 5.41) is 17.3. The number of hydrogen-bond donors (Lipinski definition) is 1. The number of aliphatic hydroxyl groups is 1. The highest BCUT2D eigenvalue weighted by atomic mass is 35.5. The monoisotopic (exact) mass is 233 g/mol. The second kappa shape index (κ2) is 6.08. The Morgan fingerprint density at radius 3 is 2.86 bits per heavy atom. The van der Waals surface area contributed by atoms with E-state index in [1.807, 2.05) is 4.90 Å². The van der Waals surface area contributed by atoms with Gasteiger partial charge in [-0.15, -0.1) is 16.8 Å². The first-order valence-electron chi connectivity index (χ1n) is 4.18. The van der Waals surface area contributed by atoms with Gasteiger partial charge in [-0.1, -0.05) is 17.4 Å². The van der Waals surface area contributed by atoms with Crippen LogP contribution in [0, 0.1) is 0 Å². The summed E-state index contributed by atoms with van der Waals surface area (Å²) in [5.74, 6) is 0. The zero-order valence-corrected chi connectivity index (χ0v) is 9.26. The van der Waals surface area contributed by atoms with Crippen molar-refractivity contribution < 1.29 is 5.11 Å². The average Bonchev–Trinajstić information content (AvgIpc) is 2.52. The molecule has 0 bridgehead atoms. The van der Waals surface area contributed by atoms with Crippen molar-refractivity contribution in [1.29, 1.82) is 0 Å². The molecule has 78 valence electrons. The molecule has 0 fully saturated rings. The van der Waals surface area contributed by atoms with Crippen LogP contribution in [0.5, 0.6) is 0 Å². The van der Waals surface area contributed by atoms with E-state index < -0.39 is 0 Å². The molecule has 0 spiro atoms. The highest BCUT2D eigenvalue weighted by Gasteiger charge is 2.07. The number of rotatable bonds is 6. The fourth-order valence-corrected chi connectivity index (χ4v) is 1.96. The third-order valence-electron chi connectivity index (χ3n) is 1.60. The van der Waals surface area contributed by atoms with Gasteiger partial charge in [-0.3, -0.25) is 4.90 Å². The minimum Gasteiger partial charge on any atom is -0.395 e. The third kappa shape index (κ3) is 3.71. The summed E-state index contributed by atoms with van der Waals surface area (Å²) in [6, 6.07) is 0. The van der Waals surface area contributed by atoms with Crippen LogP contribution in [-0.4, -0.2) is 39.9 Å². The first-order chi connectivity index (χ1) is 6.76. The van der Waals surface area contributed by atoms with Gasteiger partial charge in [-0.2, -0.15) is 0 Å². The Hall–Kier alpha value is -0.490. The minimum absolute atomic E-state index is 0.125. The number of hydrogen-bond acceptors (Lipinski definition) is 5. The molecule has 0 aromatic carbocycles. The van der Waals surface area contributed by atoms with Gasteiger partial charge in [0.15, 0.2) is 0 Å². The second-order valence-corrected chi connectivity index (χ2v) is 4.34.